The molecule has 0 saturated carbocycles. The van der Waals surface area contributed by atoms with Crippen molar-refractivity contribution in [1.82, 2.24) is 19.2 Å². The summed E-state index contributed by atoms with van der Waals surface area (Å²) in [6.07, 6.45) is -1.54. The van der Waals surface area contributed by atoms with Crippen LogP contribution in [-0.4, -0.2) is 50.6 Å². The smallest absolute Gasteiger partial charge is 0.335 e. The second-order valence-electron chi connectivity index (χ2n) is 7.04. The number of nitrogens with zero attached hydrogens (tertiary/aromatic N) is 4. The van der Waals surface area contributed by atoms with Crippen molar-refractivity contribution in [3.63, 3.8) is 0 Å². The number of hydrogen-bond donors (Lipinski definition) is 0. The van der Waals surface area contributed by atoms with Crippen LogP contribution in [0.4, 0.5) is 8.78 Å². The van der Waals surface area contributed by atoms with E-state index in [1.54, 1.807) is 0 Å². The molecule has 0 radical (unpaired) electrons. The molecule has 0 spiro atoms. The molecule has 0 aliphatic carbocycles. The molecule has 0 bridgehead atoms. The summed E-state index contributed by atoms with van der Waals surface area (Å²) in [7, 11) is 0. The topological polar surface area (TPSA) is 60.1 Å². The van der Waals surface area contributed by atoms with Crippen LogP contribution in [0.2, 0.25) is 0 Å². The lowest BCUT2D eigenvalue weighted by atomic mass is 10.0. The molecular weight excluding hydrogens is 422 g/mol. The standard InChI is InChI=1S/C18H19BrF2N4O2/c19-12-4-1-3-11(7-12)8-24-18(27)25-15(5-2-6-16(25)22-24)17(26)23-9-13(20)14(21)10-23/h1,3-4,7,13-15H,2,5-6,8-10H2. The molecule has 27 heavy (non-hydrogen) atoms. The molecule has 4 rings (SSSR count). The highest BCUT2D eigenvalue weighted by molar-refractivity contribution is 9.10. The SMILES string of the molecule is O=C(C1CCCc2nn(Cc3cccc(Br)c3)c(=O)n21)N1CC(F)C(F)C1. The predicted molar refractivity (Wildman–Crippen MR) is 98.1 cm³/mol. The summed E-state index contributed by atoms with van der Waals surface area (Å²) < 4.78 is 30.6. The Labute approximate surface area is 162 Å². The molecule has 3 heterocycles. The fourth-order valence-electron chi connectivity index (χ4n) is 3.79. The van der Waals surface area contributed by atoms with Crippen molar-refractivity contribution < 1.29 is 13.6 Å². The van der Waals surface area contributed by atoms with Gasteiger partial charge in [-0.05, 0) is 30.5 Å². The molecule has 2 aromatic rings. The number of fused-ring (bicyclic) bond motifs is 1. The van der Waals surface area contributed by atoms with Gasteiger partial charge in [-0.15, -0.1) is 0 Å². The number of amides is 1. The third-order valence-corrected chi connectivity index (χ3v) is 5.62. The highest BCUT2D eigenvalue weighted by Gasteiger charge is 2.40. The lowest BCUT2D eigenvalue weighted by Gasteiger charge is -2.26. The van der Waals surface area contributed by atoms with Crippen molar-refractivity contribution in [2.75, 3.05) is 13.1 Å². The zero-order chi connectivity index (χ0) is 19.1. The number of aryl methyl sites for hydroxylation is 1. The van der Waals surface area contributed by atoms with Crippen LogP contribution >= 0.6 is 15.9 Å². The molecular formula is C18H19BrF2N4O2. The van der Waals surface area contributed by atoms with Gasteiger partial charge in [0.2, 0.25) is 5.91 Å². The normalized spacial score (nSPS) is 24.9. The monoisotopic (exact) mass is 440 g/mol. The summed E-state index contributed by atoms with van der Waals surface area (Å²) in [6, 6.07) is 6.83. The summed E-state index contributed by atoms with van der Waals surface area (Å²) in [5, 5.41) is 4.40. The maximum absolute atomic E-state index is 13.5. The molecule has 3 unspecified atom stereocenters. The maximum Gasteiger partial charge on any atom is 0.346 e. The van der Waals surface area contributed by atoms with E-state index in [-0.39, 0.29) is 18.8 Å². The Morgan fingerprint density at radius 1 is 1.26 bits per heavy atom. The number of carbonyl (C=O) groups is 1. The van der Waals surface area contributed by atoms with Gasteiger partial charge in [0.25, 0.3) is 0 Å². The lowest BCUT2D eigenvalue weighted by Crippen LogP contribution is -2.42. The minimum absolute atomic E-state index is 0.257. The minimum atomic E-state index is -1.66. The van der Waals surface area contributed by atoms with E-state index in [1.165, 1.54) is 14.1 Å². The van der Waals surface area contributed by atoms with E-state index in [2.05, 4.69) is 21.0 Å². The van der Waals surface area contributed by atoms with Gasteiger partial charge >= 0.3 is 5.69 Å². The molecule has 9 heteroatoms. The first-order valence-corrected chi connectivity index (χ1v) is 9.73. The Kier molecular flexibility index (Phi) is 4.88. The predicted octanol–water partition coefficient (Wildman–Crippen LogP) is 2.25. The molecule has 0 N–H and O–H groups in total. The molecule has 2 aliphatic heterocycles. The van der Waals surface area contributed by atoms with Crippen molar-refractivity contribution in [2.24, 2.45) is 0 Å². The van der Waals surface area contributed by atoms with Gasteiger partial charge < -0.3 is 4.90 Å². The molecule has 1 fully saturated rings. The Bertz CT molecular complexity index is 918. The van der Waals surface area contributed by atoms with E-state index >= 15 is 0 Å². The zero-order valence-electron chi connectivity index (χ0n) is 14.5. The first-order valence-electron chi connectivity index (χ1n) is 8.93. The van der Waals surface area contributed by atoms with Crippen LogP contribution in [0.15, 0.2) is 33.5 Å². The average molecular weight is 441 g/mol. The van der Waals surface area contributed by atoms with Gasteiger partial charge in [-0.1, -0.05) is 28.1 Å². The van der Waals surface area contributed by atoms with Crippen molar-refractivity contribution in [3.8, 4) is 0 Å². The van der Waals surface area contributed by atoms with Crippen LogP contribution in [0.1, 0.15) is 30.3 Å². The fraction of sp³-hybridized carbons (Fsp3) is 0.500. The van der Waals surface area contributed by atoms with E-state index in [1.807, 2.05) is 24.3 Å². The quantitative estimate of drug-likeness (QED) is 0.735. The fourth-order valence-corrected chi connectivity index (χ4v) is 4.24. The van der Waals surface area contributed by atoms with Crippen LogP contribution in [0.3, 0.4) is 0 Å². The molecule has 2 aliphatic rings. The molecule has 1 aromatic carbocycles. The van der Waals surface area contributed by atoms with Crippen molar-refractivity contribution in [1.29, 1.82) is 0 Å². The summed E-state index contributed by atoms with van der Waals surface area (Å²) in [5.41, 5.74) is 0.542. The Morgan fingerprint density at radius 3 is 2.70 bits per heavy atom. The Hall–Kier alpha value is -2.03. The van der Waals surface area contributed by atoms with E-state index in [4.69, 9.17) is 0 Å². The first kappa shape index (κ1) is 18.3. The van der Waals surface area contributed by atoms with Crippen LogP contribution < -0.4 is 5.69 Å². The van der Waals surface area contributed by atoms with Gasteiger partial charge in [-0.3, -0.25) is 9.36 Å². The lowest BCUT2D eigenvalue weighted by molar-refractivity contribution is -0.134. The number of benzene rings is 1. The maximum atomic E-state index is 13.5. The highest BCUT2D eigenvalue weighted by atomic mass is 79.9. The molecule has 6 nitrogen and oxygen atoms in total. The van der Waals surface area contributed by atoms with Crippen molar-refractivity contribution in [2.45, 2.75) is 44.2 Å². The van der Waals surface area contributed by atoms with Gasteiger partial charge in [0.15, 0.2) is 12.3 Å². The third kappa shape index (κ3) is 3.44. The number of carbonyl (C=O) groups excluding carboxylic acids is 1. The van der Waals surface area contributed by atoms with Gasteiger partial charge in [-0.2, -0.15) is 5.10 Å². The van der Waals surface area contributed by atoms with Gasteiger partial charge in [0.05, 0.1) is 19.6 Å². The Morgan fingerprint density at radius 2 is 2.00 bits per heavy atom. The molecule has 1 aromatic heterocycles. The van der Waals surface area contributed by atoms with Crippen LogP contribution in [0.5, 0.6) is 0 Å². The van der Waals surface area contributed by atoms with Crippen LogP contribution in [0.25, 0.3) is 0 Å². The number of aromatic nitrogens is 3. The third-order valence-electron chi connectivity index (χ3n) is 5.13. The van der Waals surface area contributed by atoms with Crippen molar-refractivity contribution in [3.05, 3.63) is 50.6 Å². The number of alkyl halides is 2. The van der Waals surface area contributed by atoms with Crippen molar-refractivity contribution >= 4 is 21.8 Å². The highest BCUT2D eigenvalue weighted by Crippen LogP contribution is 2.27. The summed E-state index contributed by atoms with van der Waals surface area (Å²) in [5.74, 6) is 0.148. The second-order valence-corrected chi connectivity index (χ2v) is 7.96. The first-order chi connectivity index (χ1) is 12.9. The van der Waals surface area contributed by atoms with Gasteiger partial charge in [0, 0.05) is 10.9 Å². The number of likely N-dealkylation sites (tertiary alicyclic amines) is 1. The molecule has 3 atom stereocenters. The van der Waals surface area contributed by atoms with E-state index in [0.29, 0.717) is 31.6 Å². The van der Waals surface area contributed by atoms with Crippen LogP contribution in [0, 0.1) is 0 Å². The number of rotatable bonds is 3. The number of halogens is 3. The molecule has 1 saturated heterocycles. The largest absolute Gasteiger partial charge is 0.346 e. The molecule has 1 amide bonds. The van der Waals surface area contributed by atoms with E-state index < -0.39 is 24.3 Å². The molecule has 144 valence electrons. The van der Waals surface area contributed by atoms with Crippen LogP contribution in [-0.2, 0) is 17.8 Å². The summed E-state index contributed by atoms with van der Waals surface area (Å²) in [6.45, 7) is -0.221. The van der Waals surface area contributed by atoms with E-state index in [9.17, 15) is 18.4 Å². The average Bonchev–Trinajstić information content (AvgIpc) is 3.14. The second kappa shape index (κ2) is 7.18. The summed E-state index contributed by atoms with van der Waals surface area (Å²) >= 11 is 3.40. The van der Waals surface area contributed by atoms with Gasteiger partial charge in [0.1, 0.15) is 11.9 Å². The van der Waals surface area contributed by atoms with Gasteiger partial charge in [-0.25, -0.2) is 18.3 Å². The number of hydrogen-bond acceptors (Lipinski definition) is 3. The summed E-state index contributed by atoms with van der Waals surface area (Å²) in [4.78, 5) is 26.9. The Balaban J connectivity index is 1.62. The van der Waals surface area contributed by atoms with E-state index in [0.717, 1.165) is 10.0 Å². The minimum Gasteiger partial charge on any atom is -0.335 e. The zero-order valence-corrected chi connectivity index (χ0v) is 16.1.